The van der Waals surface area contributed by atoms with Crippen molar-refractivity contribution in [2.24, 2.45) is 5.92 Å². The molecule has 0 aliphatic carbocycles. The fourth-order valence-corrected chi connectivity index (χ4v) is 3.54. The van der Waals surface area contributed by atoms with Gasteiger partial charge in [0.1, 0.15) is 17.4 Å². The first kappa shape index (κ1) is 21.2. The maximum absolute atomic E-state index is 12.1. The van der Waals surface area contributed by atoms with Gasteiger partial charge in [-0.3, -0.25) is 0 Å². The van der Waals surface area contributed by atoms with Crippen LogP contribution in [0.15, 0.2) is 18.3 Å². The number of hydrogen-bond acceptors (Lipinski definition) is 5. The molecule has 0 saturated carbocycles. The van der Waals surface area contributed by atoms with Gasteiger partial charge in [-0.15, -0.1) is 0 Å². The molecule has 0 bridgehead atoms. The Morgan fingerprint density at radius 1 is 1.44 bits per heavy atom. The third-order valence-corrected chi connectivity index (χ3v) is 5.02. The summed E-state index contributed by atoms with van der Waals surface area (Å²) in [7, 11) is 1.95. The predicted molar refractivity (Wildman–Crippen MR) is 105 cm³/mol. The van der Waals surface area contributed by atoms with Crippen molar-refractivity contribution in [2.45, 2.75) is 64.5 Å². The van der Waals surface area contributed by atoms with E-state index in [0.717, 1.165) is 50.8 Å². The Kier molecular flexibility index (Phi) is 7.61. The number of aromatic nitrogens is 1. The molecule has 1 unspecified atom stereocenters. The van der Waals surface area contributed by atoms with E-state index in [4.69, 9.17) is 10.00 Å². The van der Waals surface area contributed by atoms with Crippen LogP contribution in [0.2, 0.25) is 0 Å². The average molecular weight is 373 g/mol. The normalized spacial score (nSPS) is 16.6. The quantitative estimate of drug-likeness (QED) is 0.815. The van der Waals surface area contributed by atoms with E-state index in [0.29, 0.717) is 11.6 Å². The lowest BCUT2D eigenvalue weighted by molar-refractivity contribution is 0.0180. The van der Waals surface area contributed by atoms with Crippen LogP contribution in [-0.2, 0) is 4.74 Å². The molecule has 1 N–H and O–H groups in total. The Bertz CT molecular complexity index is 655. The highest BCUT2D eigenvalue weighted by molar-refractivity contribution is 5.68. The highest BCUT2D eigenvalue weighted by Gasteiger charge is 2.26. The molecule has 6 heteroatoms. The molecule has 0 radical (unpaired) electrons. The summed E-state index contributed by atoms with van der Waals surface area (Å²) >= 11 is 0. The van der Waals surface area contributed by atoms with E-state index in [1.165, 1.54) is 0 Å². The summed E-state index contributed by atoms with van der Waals surface area (Å²) in [5.41, 5.74) is 1.14. The van der Waals surface area contributed by atoms with Crippen LogP contribution < -0.4 is 5.32 Å². The van der Waals surface area contributed by atoms with Crippen molar-refractivity contribution in [1.29, 1.82) is 5.26 Å². The van der Waals surface area contributed by atoms with Gasteiger partial charge in [0.05, 0.1) is 0 Å². The molecule has 1 aliphatic rings. The predicted octanol–water partition coefficient (Wildman–Crippen LogP) is 4.03. The first-order valence-corrected chi connectivity index (χ1v) is 9.83. The number of nitrogens with one attached hydrogen (secondary N) is 1. The molecule has 0 spiro atoms. The lowest BCUT2D eigenvalue weighted by atomic mass is 9.90. The van der Waals surface area contributed by atoms with Crippen LogP contribution in [0.25, 0.3) is 0 Å². The summed E-state index contributed by atoms with van der Waals surface area (Å²) in [5.74, 6) is 0.660. The van der Waals surface area contributed by atoms with Gasteiger partial charge in [-0.1, -0.05) is 12.8 Å². The Morgan fingerprint density at radius 2 is 2.15 bits per heavy atom. The van der Waals surface area contributed by atoms with Crippen LogP contribution in [-0.4, -0.2) is 41.7 Å². The Morgan fingerprint density at radius 3 is 2.74 bits per heavy atom. The molecule has 6 nitrogen and oxygen atoms in total. The van der Waals surface area contributed by atoms with Gasteiger partial charge in [0, 0.05) is 25.3 Å². The van der Waals surface area contributed by atoms with Crippen LogP contribution >= 0.6 is 0 Å². The largest absolute Gasteiger partial charge is 0.444 e. The molecule has 27 heavy (non-hydrogen) atoms. The van der Waals surface area contributed by atoms with Gasteiger partial charge in [0.15, 0.2) is 0 Å². The zero-order valence-corrected chi connectivity index (χ0v) is 17.0. The standard InChI is InChI=1S/C21H32N4O2/c1-21(2,3)27-20(26)25-12-9-16(10-13-25)6-5-7-19(23-4)17-8-11-24-18(14-17)15-22/h8,11,14,16,19,23H,5-7,9-10,12-13H2,1-4H3. The smallest absolute Gasteiger partial charge is 0.410 e. The number of nitrogens with zero attached hydrogens (tertiary/aromatic N) is 3. The maximum atomic E-state index is 12.1. The fraction of sp³-hybridized carbons (Fsp3) is 0.667. The molecule has 1 aliphatic heterocycles. The van der Waals surface area contributed by atoms with E-state index in [1.54, 1.807) is 6.20 Å². The monoisotopic (exact) mass is 372 g/mol. The van der Waals surface area contributed by atoms with Crippen molar-refractivity contribution in [3.05, 3.63) is 29.6 Å². The summed E-state index contributed by atoms with van der Waals surface area (Å²) in [4.78, 5) is 18.0. The first-order chi connectivity index (χ1) is 12.8. The zero-order valence-electron chi connectivity index (χ0n) is 17.0. The van der Waals surface area contributed by atoms with E-state index < -0.39 is 5.60 Å². The van der Waals surface area contributed by atoms with E-state index in [2.05, 4.69) is 16.4 Å². The van der Waals surface area contributed by atoms with Crippen molar-refractivity contribution >= 4 is 6.09 Å². The minimum absolute atomic E-state index is 0.192. The first-order valence-electron chi connectivity index (χ1n) is 9.83. The second kappa shape index (κ2) is 9.70. The van der Waals surface area contributed by atoms with Gasteiger partial charge < -0.3 is 15.0 Å². The van der Waals surface area contributed by atoms with Gasteiger partial charge in [-0.25, -0.2) is 9.78 Å². The van der Waals surface area contributed by atoms with Gasteiger partial charge in [-0.2, -0.15) is 5.26 Å². The highest BCUT2D eigenvalue weighted by Crippen LogP contribution is 2.26. The second-order valence-corrected chi connectivity index (χ2v) is 8.27. The molecule has 1 aromatic rings. The minimum atomic E-state index is -0.436. The zero-order chi connectivity index (χ0) is 19.9. The molecular formula is C21H32N4O2. The summed E-state index contributed by atoms with van der Waals surface area (Å²) in [6.45, 7) is 7.27. The minimum Gasteiger partial charge on any atom is -0.444 e. The molecule has 1 saturated heterocycles. The van der Waals surface area contributed by atoms with E-state index in [9.17, 15) is 4.79 Å². The lowest BCUT2D eigenvalue weighted by Crippen LogP contribution is -2.41. The molecule has 2 heterocycles. The van der Waals surface area contributed by atoms with Gasteiger partial charge in [0.2, 0.25) is 0 Å². The summed E-state index contributed by atoms with van der Waals surface area (Å²) in [6.07, 6.45) is 6.89. The fourth-order valence-electron chi connectivity index (χ4n) is 3.54. The topological polar surface area (TPSA) is 78.2 Å². The molecular weight excluding hydrogens is 340 g/mol. The summed E-state index contributed by atoms with van der Waals surface area (Å²) < 4.78 is 5.46. The van der Waals surface area contributed by atoms with Crippen molar-refractivity contribution in [3.8, 4) is 6.07 Å². The van der Waals surface area contributed by atoms with Crippen LogP contribution in [0.4, 0.5) is 4.79 Å². The van der Waals surface area contributed by atoms with Crippen molar-refractivity contribution in [3.63, 3.8) is 0 Å². The molecule has 2 rings (SSSR count). The third-order valence-electron chi connectivity index (χ3n) is 5.02. The van der Waals surface area contributed by atoms with E-state index in [-0.39, 0.29) is 12.1 Å². The molecule has 148 valence electrons. The molecule has 1 aromatic heterocycles. The average Bonchev–Trinajstić information content (AvgIpc) is 2.64. The van der Waals surface area contributed by atoms with Crippen LogP contribution in [0.3, 0.4) is 0 Å². The molecule has 0 aromatic carbocycles. The van der Waals surface area contributed by atoms with Gasteiger partial charge in [0.25, 0.3) is 0 Å². The summed E-state index contributed by atoms with van der Waals surface area (Å²) in [5, 5.41) is 12.4. The Balaban J connectivity index is 1.74. The number of hydrogen-bond donors (Lipinski definition) is 1. The van der Waals surface area contributed by atoms with Crippen LogP contribution in [0.1, 0.15) is 70.2 Å². The number of rotatable bonds is 6. The van der Waals surface area contributed by atoms with Gasteiger partial charge in [-0.05, 0) is 70.7 Å². The van der Waals surface area contributed by atoms with E-state index >= 15 is 0 Å². The SMILES string of the molecule is CNC(CCCC1CCN(C(=O)OC(C)(C)C)CC1)c1ccnc(C#N)c1. The lowest BCUT2D eigenvalue weighted by Gasteiger charge is -2.33. The maximum Gasteiger partial charge on any atom is 0.410 e. The molecule has 1 amide bonds. The van der Waals surface area contributed by atoms with Crippen LogP contribution in [0, 0.1) is 17.2 Å². The number of likely N-dealkylation sites (tertiary alicyclic amines) is 1. The Labute approximate surface area is 162 Å². The van der Waals surface area contributed by atoms with E-state index in [1.807, 2.05) is 44.9 Å². The number of ether oxygens (including phenoxy) is 1. The molecule has 1 fully saturated rings. The third kappa shape index (κ3) is 6.84. The number of carbonyl (C=O) groups excluding carboxylic acids is 1. The number of piperidine rings is 1. The summed E-state index contributed by atoms with van der Waals surface area (Å²) in [6, 6.07) is 6.17. The van der Waals surface area contributed by atoms with Crippen molar-refractivity contribution in [2.75, 3.05) is 20.1 Å². The number of amides is 1. The number of pyridine rings is 1. The highest BCUT2D eigenvalue weighted by atomic mass is 16.6. The van der Waals surface area contributed by atoms with Crippen LogP contribution in [0.5, 0.6) is 0 Å². The van der Waals surface area contributed by atoms with Crippen molar-refractivity contribution in [1.82, 2.24) is 15.2 Å². The Hall–Kier alpha value is -2.13. The second-order valence-electron chi connectivity index (χ2n) is 8.27. The number of nitriles is 1. The number of carbonyl (C=O) groups is 1. The molecule has 1 atom stereocenters. The van der Waals surface area contributed by atoms with Gasteiger partial charge >= 0.3 is 6.09 Å². The van der Waals surface area contributed by atoms with Crippen molar-refractivity contribution < 1.29 is 9.53 Å².